The van der Waals surface area contributed by atoms with Crippen LogP contribution < -0.4 is 10.1 Å². The van der Waals surface area contributed by atoms with Gasteiger partial charge in [-0.2, -0.15) is 0 Å². The topological polar surface area (TPSA) is 69.0 Å². The molecule has 0 aliphatic carbocycles. The molecule has 0 bridgehead atoms. The van der Waals surface area contributed by atoms with Crippen LogP contribution in [0.25, 0.3) is 16.5 Å². The zero-order chi connectivity index (χ0) is 18.8. The van der Waals surface area contributed by atoms with E-state index in [0.717, 1.165) is 28.0 Å². The summed E-state index contributed by atoms with van der Waals surface area (Å²) >= 11 is 0. The smallest absolute Gasteiger partial charge is 0.256 e. The summed E-state index contributed by atoms with van der Waals surface area (Å²) in [4.78, 5) is 12.9. The Balaban J connectivity index is 1.68. The van der Waals surface area contributed by atoms with Crippen LogP contribution in [0.15, 0.2) is 67.0 Å². The average Bonchev–Trinajstić information content (AvgIpc) is 3.13. The Bertz CT molecular complexity index is 1130. The molecule has 27 heavy (non-hydrogen) atoms. The molecule has 1 amide bonds. The number of hydrogen-bond donors (Lipinski definition) is 1. The van der Waals surface area contributed by atoms with Crippen LogP contribution in [0.1, 0.15) is 16.2 Å². The standard InChI is InChI=1S/C21H18N4O2/c1-14-24-22-13-25(14)16-7-5-6-15(12-16)23-21(26)19-10-11-20(27-2)18-9-4-3-8-17(18)19/h3-13H,1-2H3,(H,23,26). The lowest BCUT2D eigenvalue weighted by Crippen LogP contribution is -2.13. The molecule has 0 radical (unpaired) electrons. The van der Waals surface area contributed by atoms with Gasteiger partial charge in [0.05, 0.1) is 12.8 Å². The maximum atomic E-state index is 12.9. The Morgan fingerprint density at radius 3 is 2.59 bits per heavy atom. The van der Waals surface area contributed by atoms with Crippen molar-refractivity contribution >= 4 is 22.4 Å². The molecule has 1 heterocycles. The molecule has 134 valence electrons. The lowest BCUT2D eigenvalue weighted by Gasteiger charge is -2.12. The van der Waals surface area contributed by atoms with E-state index in [-0.39, 0.29) is 5.91 Å². The number of anilines is 1. The quantitative estimate of drug-likeness (QED) is 0.599. The van der Waals surface area contributed by atoms with Gasteiger partial charge in [-0.15, -0.1) is 10.2 Å². The summed E-state index contributed by atoms with van der Waals surface area (Å²) in [6, 6.07) is 18.9. The molecule has 0 aliphatic rings. The summed E-state index contributed by atoms with van der Waals surface area (Å²) < 4.78 is 7.26. The monoisotopic (exact) mass is 358 g/mol. The highest BCUT2D eigenvalue weighted by Gasteiger charge is 2.13. The molecule has 6 nitrogen and oxygen atoms in total. The fraction of sp³-hybridized carbons (Fsp3) is 0.0952. The van der Waals surface area contributed by atoms with Gasteiger partial charge in [0.15, 0.2) is 0 Å². The Morgan fingerprint density at radius 1 is 1.04 bits per heavy atom. The van der Waals surface area contributed by atoms with Gasteiger partial charge in [-0.05, 0) is 42.6 Å². The van der Waals surface area contributed by atoms with E-state index in [1.165, 1.54) is 0 Å². The Labute approximate surface area is 156 Å². The molecule has 6 heteroatoms. The van der Waals surface area contributed by atoms with Crippen LogP contribution in [0.3, 0.4) is 0 Å². The third-order valence-corrected chi connectivity index (χ3v) is 4.45. The van der Waals surface area contributed by atoms with Crippen LogP contribution in [0, 0.1) is 6.92 Å². The second-order valence-electron chi connectivity index (χ2n) is 6.11. The van der Waals surface area contributed by atoms with Gasteiger partial charge in [-0.25, -0.2) is 0 Å². The number of fused-ring (bicyclic) bond motifs is 1. The second kappa shape index (κ2) is 6.92. The number of aryl methyl sites for hydroxylation is 1. The van der Waals surface area contributed by atoms with Gasteiger partial charge in [0.1, 0.15) is 17.9 Å². The van der Waals surface area contributed by atoms with Crippen LogP contribution in [0.4, 0.5) is 5.69 Å². The molecule has 0 fully saturated rings. The molecule has 4 aromatic rings. The van der Waals surface area contributed by atoms with Crippen LogP contribution in [-0.2, 0) is 0 Å². The summed E-state index contributed by atoms with van der Waals surface area (Å²) in [5.41, 5.74) is 2.18. The SMILES string of the molecule is COc1ccc(C(=O)Nc2cccc(-n3cnnc3C)c2)c2ccccc12. The Hall–Kier alpha value is -3.67. The molecule has 0 aliphatic heterocycles. The van der Waals surface area contributed by atoms with Gasteiger partial charge in [-0.3, -0.25) is 9.36 Å². The van der Waals surface area contributed by atoms with E-state index < -0.39 is 0 Å². The molecular weight excluding hydrogens is 340 g/mol. The first-order chi connectivity index (χ1) is 13.2. The first-order valence-corrected chi connectivity index (χ1v) is 8.51. The number of ether oxygens (including phenoxy) is 1. The van der Waals surface area contributed by atoms with Gasteiger partial charge in [0, 0.05) is 16.6 Å². The number of hydrogen-bond acceptors (Lipinski definition) is 4. The number of methoxy groups -OCH3 is 1. The predicted molar refractivity (Wildman–Crippen MR) is 105 cm³/mol. The minimum atomic E-state index is -0.175. The number of aromatic nitrogens is 3. The molecule has 3 aromatic carbocycles. The Kier molecular flexibility index (Phi) is 4.30. The largest absolute Gasteiger partial charge is 0.496 e. The highest BCUT2D eigenvalue weighted by molar-refractivity contribution is 6.14. The van der Waals surface area contributed by atoms with E-state index in [2.05, 4.69) is 15.5 Å². The van der Waals surface area contributed by atoms with Crippen molar-refractivity contribution in [3.63, 3.8) is 0 Å². The van der Waals surface area contributed by atoms with Crippen molar-refractivity contribution in [1.29, 1.82) is 0 Å². The summed E-state index contributed by atoms with van der Waals surface area (Å²) in [7, 11) is 1.62. The highest BCUT2D eigenvalue weighted by atomic mass is 16.5. The normalized spacial score (nSPS) is 10.7. The number of amides is 1. The van der Waals surface area contributed by atoms with Crippen LogP contribution in [0.5, 0.6) is 5.75 Å². The van der Waals surface area contributed by atoms with E-state index in [0.29, 0.717) is 11.3 Å². The fourth-order valence-corrected chi connectivity index (χ4v) is 3.13. The van der Waals surface area contributed by atoms with E-state index in [9.17, 15) is 4.79 Å². The molecule has 0 atom stereocenters. The van der Waals surface area contributed by atoms with Gasteiger partial charge in [0.25, 0.3) is 5.91 Å². The number of benzene rings is 3. The summed E-state index contributed by atoms with van der Waals surface area (Å²) in [5, 5.41) is 12.6. The molecule has 1 N–H and O–H groups in total. The van der Waals surface area contributed by atoms with Gasteiger partial charge in [-0.1, -0.05) is 30.3 Å². The minimum Gasteiger partial charge on any atom is -0.496 e. The lowest BCUT2D eigenvalue weighted by molar-refractivity contribution is 0.102. The van der Waals surface area contributed by atoms with Crippen molar-refractivity contribution < 1.29 is 9.53 Å². The number of nitrogens with zero attached hydrogens (tertiary/aromatic N) is 3. The molecule has 0 saturated heterocycles. The first-order valence-electron chi connectivity index (χ1n) is 8.51. The number of carbonyl (C=O) groups excluding carboxylic acids is 1. The predicted octanol–water partition coefficient (Wildman–Crippen LogP) is 3.99. The van der Waals surface area contributed by atoms with Gasteiger partial charge >= 0.3 is 0 Å². The van der Waals surface area contributed by atoms with Gasteiger partial charge < -0.3 is 10.1 Å². The van der Waals surface area contributed by atoms with Crippen LogP contribution in [-0.4, -0.2) is 27.8 Å². The summed E-state index contributed by atoms with van der Waals surface area (Å²) in [6.45, 7) is 1.88. The Morgan fingerprint density at radius 2 is 1.85 bits per heavy atom. The molecule has 0 spiro atoms. The average molecular weight is 358 g/mol. The highest BCUT2D eigenvalue weighted by Crippen LogP contribution is 2.29. The second-order valence-corrected chi connectivity index (χ2v) is 6.11. The summed E-state index contributed by atoms with van der Waals surface area (Å²) in [6.07, 6.45) is 1.65. The molecule has 1 aromatic heterocycles. The van der Waals surface area contributed by atoms with Gasteiger partial charge in [0.2, 0.25) is 0 Å². The fourth-order valence-electron chi connectivity index (χ4n) is 3.13. The zero-order valence-corrected chi connectivity index (χ0v) is 15.0. The third-order valence-electron chi connectivity index (χ3n) is 4.45. The van der Waals surface area contributed by atoms with E-state index in [4.69, 9.17) is 4.74 Å². The first kappa shape index (κ1) is 16.8. The molecule has 0 unspecified atom stereocenters. The number of rotatable bonds is 4. The van der Waals surface area contributed by atoms with E-state index in [1.807, 2.05) is 66.1 Å². The maximum absolute atomic E-state index is 12.9. The van der Waals surface area contributed by atoms with Crippen LogP contribution in [0.2, 0.25) is 0 Å². The molecule has 4 rings (SSSR count). The van der Waals surface area contributed by atoms with Crippen molar-refractivity contribution in [2.45, 2.75) is 6.92 Å². The van der Waals surface area contributed by atoms with Crippen molar-refractivity contribution in [2.24, 2.45) is 0 Å². The molecule has 0 saturated carbocycles. The van der Waals surface area contributed by atoms with Crippen molar-refractivity contribution in [1.82, 2.24) is 14.8 Å². The maximum Gasteiger partial charge on any atom is 0.256 e. The third kappa shape index (κ3) is 3.13. The van der Waals surface area contributed by atoms with E-state index >= 15 is 0 Å². The lowest BCUT2D eigenvalue weighted by atomic mass is 10.0. The van der Waals surface area contributed by atoms with Crippen LogP contribution >= 0.6 is 0 Å². The summed E-state index contributed by atoms with van der Waals surface area (Å²) in [5.74, 6) is 1.35. The molecular formula is C21H18N4O2. The number of nitrogens with one attached hydrogen (secondary N) is 1. The minimum absolute atomic E-state index is 0.175. The van der Waals surface area contributed by atoms with Crippen molar-refractivity contribution in [3.8, 4) is 11.4 Å². The van der Waals surface area contributed by atoms with Crippen molar-refractivity contribution in [2.75, 3.05) is 12.4 Å². The zero-order valence-electron chi connectivity index (χ0n) is 15.0. The van der Waals surface area contributed by atoms with E-state index in [1.54, 1.807) is 19.5 Å². The number of carbonyl (C=O) groups is 1. The van der Waals surface area contributed by atoms with Crippen molar-refractivity contribution in [3.05, 3.63) is 78.4 Å².